The third kappa shape index (κ3) is 3.91. The molecule has 0 saturated carbocycles. The number of anilines is 1. The van der Waals surface area contributed by atoms with Crippen LogP contribution in [0.15, 0.2) is 0 Å². The number of likely N-dealkylation sites (tertiary alicyclic amines) is 1. The van der Waals surface area contributed by atoms with Crippen LogP contribution in [0.3, 0.4) is 0 Å². The lowest BCUT2D eigenvalue weighted by Gasteiger charge is -2.23. The molecule has 1 fully saturated rings. The van der Waals surface area contributed by atoms with Crippen molar-refractivity contribution in [2.75, 3.05) is 18.4 Å². The number of carbonyl (C=O) groups excluding carboxylic acids is 1. The zero-order valence-electron chi connectivity index (χ0n) is 13.6. The van der Waals surface area contributed by atoms with E-state index in [-0.39, 0.29) is 5.91 Å². The Balaban J connectivity index is 1.58. The average Bonchev–Trinajstić information content (AvgIpc) is 3.15. The fourth-order valence-corrected chi connectivity index (χ4v) is 3.54. The first-order chi connectivity index (χ1) is 11.0. The smallest absolute Gasteiger partial charge is 0.240 e. The van der Waals surface area contributed by atoms with Gasteiger partial charge in [0.25, 0.3) is 0 Å². The second kappa shape index (κ2) is 6.71. The van der Waals surface area contributed by atoms with Crippen molar-refractivity contribution in [3.63, 3.8) is 0 Å². The molecule has 1 amide bonds. The first-order valence-electron chi connectivity index (χ1n) is 7.73. The molecule has 0 radical (unpaired) electrons. The van der Waals surface area contributed by atoms with Crippen LogP contribution >= 0.6 is 11.3 Å². The molecule has 0 aromatic carbocycles. The molecule has 1 aliphatic heterocycles. The van der Waals surface area contributed by atoms with E-state index < -0.39 is 0 Å². The summed E-state index contributed by atoms with van der Waals surface area (Å²) in [5, 5.41) is 16.5. The van der Waals surface area contributed by atoms with Gasteiger partial charge < -0.3 is 0 Å². The van der Waals surface area contributed by atoms with E-state index in [4.69, 9.17) is 0 Å². The van der Waals surface area contributed by atoms with Gasteiger partial charge in [0, 0.05) is 6.04 Å². The Kier molecular flexibility index (Phi) is 4.67. The number of aryl methyl sites for hydroxylation is 3. The van der Waals surface area contributed by atoms with Gasteiger partial charge in [-0.2, -0.15) is 5.10 Å². The minimum Gasteiger partial charge on any atom is -0.299 e. The van der Waals surface area contributed by atoms with Crippen LogP contribution in [0.5, 0.6) is 0 Å². The third-order valence-electron chi connectivity index (χ3n) is 3.96. The molecule has 9 heteroatoms. The van der Waals surface area contributed by atoms with Gasteiger partial charge in [-0.3, -0.25) is 15.0 Å². The van der Waals surface area contributed by atoms with Crippen LogP contribution in [-0.4, -0.2) is 54.9 Å². The number of hydrogen-bond donors (Lipinski definition) is 1. The SMILES string of the molecule is Cc1nc(C)n(C[C@@H]2CCCN2CC(=O)Nc2nnc(C)s2)n1. The second-order valence-corrected chi connectivity index (χ2v) is 7.01. The Morgan fingerprint density at radius 3 is 2.83 bits per heavy atom. The van der Waals surface area contributed by atoms with Crippen molar-refractivity contribution in [1.29, 1.82) is 0 Å². The molecule has 3 rings (SSSR count). The molecule has 0 bridgehead atoms. The van der Waals surface area contributed by atoms with Crippen LogP contribution in [0.1, 0.15) is 29.5 Å². The van der Waals surface area contributed by atoms with Gasteiger partial charge in [-0.05, 0) is 40.2 Å². The van der Waals surface area contributed by atoms with Crippen LogP contribution in [0, 0.1) is 20.8 Å². The fourth-order valence-electron chi connectivity index (χ4n) is 2.93. The van der Waals surface area contributed by atoms with Crippen molar-refractivity contribution >= 4 is 22.4 Å². The highest BCUT2D eigenvalue weighted by Crippen LogP contribution is 2.19. The first kappa shape index (κ1) is 16.0. The van der Waals surface area contributed by atoms with Gasteiger partial charge in [0.05, 0.1) is 13.1 Å². The molecular formula is C14H21N7OS. The predicted octanol–water partition coefficient (Wildman–Crippen LogP) is 1.16. The summed E-state index contributed by atoms with van der Waals surface area (Å²) >= 11 is 1.39. The number of carbonyl (C=O) groups is 1. The zero-order chi connectivity index (χ0) is 16.4. The summed E-state index contributed by atoms with van der Waals surface area (Å²) in [6.45, 7) is 7.80. The highest BCUT2D eigenvalue weighted by Gasteiger charge is 2.27. The van der Waals surface area contributed by atoms with Crippen LogP contribution < -0.4 is 5.32 Å². The predicted molar refractivity (Wildman–Crippen MR) is 87.4 cm³/mol. The molecule has 3 heterocycles. The molecule has 0 spiro atoms. The van der Waals surface area contributed by atoms with Gasteiger partial charge in [-0.15, -0.1) is 10.2 Å². The molecule has 124 valence electrons. The van der Waals surface area contributed by atoms with Crippen LogP contribution in [0.4, 0.5) is 5.13 Å². The third-order valence-corrected chi connectivity index (χ3v) is 4.72. The molecule has 1 aliphatic rings. The van der Waals surface area contributed by atoms with Crippen LogP contribution in [0.2, 0.25) is 0 Å². The summed E-state index contributed by atoms with van der Waals surface area (Å²) in [6.07, 6.45) is 2.17. The standard InChI is InChI=1S/C14H21N7OS/c1-9-15-10(2)21(19-9)7-12-5-4-6-20(12)8-13(22)16-14-18-17-11(3)23-14/h12H,4-8H2,1-3H3,(H,16,18,22)/t12-/m0/s1. The maximum absolute atomic E-state index is 12.2. The zero-order valence-corrected chi connectivity index (χ0v) is 14.4. The van der Waals surface area contributed by atoms with Gasteiger partial charge >= 0.3 is 0 Å². The molecule has 23 heavy (non-hydrogen) atoms. The Hall–Kier alpha value is -1.87. The molecule has 8 nitrogen and oxygen atoms in total. The minimum absolute atomic E-state index is 0.0421. The Bertz CT molecular complexity index is 695. The number of hydrogen-bond acceptors (Lipinski definition) is 7. The summed E-state index contributed by atoms with van der Waals surface area (Å²) in [5.41, 5.74) is 0. The van der Waals surface area contributed by atoms with E-state index in [9.17, 15) is 4.79 Å². The van der Waals surface area contributed by atoms with E-state index in [0.717, 1.165) is 42.6 Å². The Morgan fingerprint density at radius 2 is 2.17 bits per heavy atom. The first-order valence-corrected chi connectivity index (χ1v) is 8.55. The van der Waals surface area contributed by atoms with E-state index in [1.807, 2.05) is 25.5 Å². The highest BCUT2D eigenvalue weighted by atomic mass is 32.1. The molecular weight excluding hydrogens is 314 g/mol. The van der Waals surface area contributed by atoms with Gasteiger partial charge in [-0.25, -0.2) is 9.67 Å². The highest BCUT2D eigenvalue weighted by molar-refractivity contribution is 7.15. The Morgan fingerprint density at radius 1 is 1.35 bits per heavy atom. The number of nitrogens with zero attached hydrogens (tertiary/aromatic N) is 6. The minimum atomic E-state index is -0.0421. The maximum atomic E-state index is 12.2. The lowest BCUT2D eigenvalue weighted by molar-refractivity contribution is -0.117. The van der Waals surface area contributed by atoms with Gasteiger partial charge in [0.2, 0.25) is 11.0 Å². The van der Waals surface area contributed by atoms with Crippen LogP contribution in [-0.2, 0) is 11.3 Å². The van der Waals surface area contributed by atoms with E-state index >= 15 is 0 Å². The molecule has 1 saturated heterocycles. The number of amides is 1. The summed E-state index contributed by atoms with van der Waals surface area (Å²) in [4.78, 5) is 18.7. The summed E-state index contributed by atoms with van der Waals surface area (Å²) in [5.74, 6) is 1.67. The molecule has 0 aliphatic carbocycles. The van der Waals surface area contributed by atoms with Crippen molar-refractivity contribution in [3.8, 4) is 0 Å². The molecule has 1 N–H and O–H groups in total. The van der Waals surface area contributed by atoms with Crippen molar-refractivity contribution in [3.05, 3.63) is 16.7 Å². The summed E-state index contributed by atoms with van der Waals surface area (Å²) in [6, 6.07) is 0.316. The fraction of sp³-hybridized carbons (Fsp3) is 0.643. The van der Waals surface area contributed by atoms with Crippen molar-refractivity contribution in [2.24, 2.45) is 0 Å². The molecule has 0 unspecified atom stereocenters. The number of nitrogens with one attached hydrogen (secondary N) is 1. The Labute approximate surface area is 138 Å². The van der Waals surface area contributed by atoms with Crippen molar-refractivity contribution < 1.29 is 4.79 Å². The topological polar surface area (TPSA) is 88.8 Å². The summed E-state index contributed by atoms with van der Waals surface area (Å²) < 4.78 is 1.93. The van der Waals surface area contributed by atoms with E-state index in [0.29, 0.717) is 17.7 Å². The van der Waals surface area contributed by atoms with Crippen molar-refractivity contribution in [2.45, 2.75) is 46.2 Å². The summed E-state index contributed by atoms with van der Waals surface area (Å²) in [7, 11) is 0. The normalized spacial score (nSPS) is 18.5. The molecule has 1 atom stereocenters. The van der Waals surface area contributed by atoms with E-state index in [1.165, 1.54) is 11.3 Å². The monoisotopic (exact) mass is 335 g/mol. The van der Waals surface area contributed by atoms with E-state index in [2.05, 4.69) is 30.5 Å². The lowest BCUT2D eigenvalue weighted by atomic mass is 10.2. The van der Waals surface area contributed by atoms with Gasteiger partial charge in [0.1, 0.15) is 16.7 Å². The van der Waals surface area contributed by atoms with Crippen LogP contribution in [0.25, 0.3) is 0 Å². The van der Waals surface area contributed by atoms with Gasteiger partial charge in [-0.1, -0.05) is 11.3 Å². The number of aromatic nitrogens is 5. The maximum Gasteiger partial charge on any atom is 0.240 e. The lowest BCUT2D eigenvalue weighted by Crippen LogP contribution is -2.39. The molecule has 2 aromatic rings. The quantitative estimate of drug-likeness (QED) is 0.882. The second-order valence-electron chi connectivity index (χ2n) is 5.83. The average molecular weight is 335 g/mol. The van der Waals surface area contributed by atoms with Gasteiger partial charge in [0.15, 0.2) is 0 Å². The molecule has 2 aromatic heterocycles. The largest absolute Gasteiger partial charge is 0.299 e. The number of rotatable bonds is 5. The van der Waals surface area contributed by atoms with E-state index in [1.54, 1.807) is 0 Å². The van der Waals surface area contributed by atoms with Crippen molar-refractivity contribution in [1.82, 2.24) is 29.9 Å².